The lowest BCUT2D eigenvalue weighted by molar-refractivity contribution is 0.430. The lowest BCUT2D eigenvalue weighted by Gasteiger charge is -2.05. The first kappa shape index (κ1) is 13.9. The van der Waals surface area contributed by atoms with Gasteiger partial charge in [0.2, 0.25) is 0 Å². The second kappa shape index (κ2) is 5.19. The Labute approximate surface area is 134 Å². The highest BCUT2D eigenvalue weighted by Gasteiger charge is 2.15. The van der Waals surface area contributed by atoms with Gasteiger partial charge in [-0.2, -0.15) is 0 Å². The Morgan fingerprint density at radius 2 is 2.04 bits per heavy atom. The van der Waals surface area contributed by atoms with Crippen LogP contribution in [0.2, 0.25) is 0 Å². The molecule has 0 spiro atoms. The maximum atomic E-state index is 5.53. The molecule has 1 aliphatic carbocycles. The fourth-order valence-electron chi connectivity index (χ4n) is 2.88. The van der Waals surface area contributed by atoms with E-state index < -0.39 is 0 Å². The van der Waals surface area contributed by atoms with Crippen molar-refractivity contribution in [1.82, 2.24) is 20.2 Å². The van der Waals surface area contributed by atoms with E-state index >= 15 is 0 Å². The maximum absolute atomic E-state index is 5.53. The number of benzene rings is 1. The van der Waals surface area contributed by atoms with Crippen molar-refractivity contribution >= 4 is 16.6 Å². The summed E-state index contributed by atoms with van der Waals surface area (Å²) >= 11 is 0. The molecule has 0 N–H and O–H groups in total. The molecule has 0 atom stereocenters. The topological polar surface area (TPSA) is 56.7 Å². The van der Waals surface area contributed by atoms with Crippen LogP contribution < -0.4 is 0 Å². The van der Waals surface area contributed by atoms with E-state index in [1.165, 1.54) is 11.1 Å². The lowest BCUT2D eigenvalue weighted by Crippen LogP contribution is -2.02. The van der Waals surface area contributed by atoms with Gasteiger partial charge in [0.15, 0.2) is 5.76 Å². The van der Waals surface area contributed by atoms with Crippen LogP contribution in [0.1, 0.15) is 38.9 Å². The average Bonchev–Trinajstić information content (AvgIpc) is 3.24. The highest BCUT2D eigenvalue weighted by atomic mass is 16.5. The van der Waals surface area contributed by atoms with Crippen LogP contribution in [-0.2, 0) is 0 Å². The Bertz CT molecular complexity index is 943. The van der Waals surface area contributed by atoms with Crippen molar-refractivity contribution in [3.63, 3.8) is 0 Å². The van der Waals surface area contributed by atoms with E-state index in [0.717, 1.165) is 34.5 Å². The third-order valence-electron chi connectivity index (χ3n) is 4.12. The Morgan fingerprint density at radius 3 is 2.78 bits per heavy atom. The minimum Gasteiger partial charge on any atom is -0.356 e. The monoisotopic (exact) mass is 306 g/mol. The summed E-state index contributed by atoms with van der Waals surface area (Å²) in [4.78, 5) is 0. The van der Waals surface area contributed by atoms with Crippen molar-refractivity contribution in [3.8, 4) is 11.3 Å². The van der Waals surface area contributed by atoms with Crippen molar-refractivity contribution in [2.75, 3.05) is 0 Å². The second-order valence-electron chi connectivity index (χ2n) is 6.29. The van der Waals surface area contributed by atoms with E-state index in [1.807, 2.05) is 28.9 Å². The van der Waals surface area contributed by atoms with Gasteiger partial charge in [0, 0.05) is 17.7 Å². The van der Waals surface area contributed by atoms with E-state index in [2.05, 4.69) is 48.4 Å². The Kier molecular flexibility index (Phi) is 3.15. The first-order valence-corrected chi connectivity index (χ1v) is 7.80. The van der Waals surface area contributed by atoms with Gasteiger partial charge >= 0.3 is 0 Å². The van der Waals surface area contributed by atoms with Gasteiger partial charge < -0.3 is 4.52 Å². The summed E-state index contributed by atoms with van der Waals surface area (Å²) in [6, 6.07) is 8.34. The molecule has 0 unspecified atom stereocenters. The smallest absolute Gasteiger partial charge is 0.167 e. The van der Waals surface area contributed by atoms with Crippen molar-refractivity contribution in [1.29, 1.82) is 0 Å². The van der Waals surface area contributed by atoms with Gasteiger partial charge in [-0.15, -0.1) is 5.10 Å². The van der Waals surface area contributed by atoms with E-state index in [1.54, 1.807) is 0 Å². The van der Waals surface area contributed by atoms with E-state index in [0.29, 0.717) is 0 Å². The van der Waals surface area contributed by atoms with Gasteiger partial charge in [0.1, 0.15) is 11.2 Å². The predicted octanol–water partition coefficient (Wildman–Crippen LogP) is 4.40. The predicted molar refractivity (Wildman–Crippen MR) is 89.8 cm³/mol. The van der Waals surface area contributed by atoms with Crippen LogP contribution >= 0.6 is 0 Å². The van der Waals surface area contributed by atoms with Crippen molar-refractivity contribution in [2.45, 2.75) is 33.2 Å². The fraction of sp³-hybridized carbons (Fsp3) is 0.278. The molecular formula is C18H18N4O. The van der Waals surface area contributed by atoms with E-state index in [-0.39, 0.29) is 6.04 Å². The minimum atomic E-state index is 0.285. The molecule has 1 aromatic carbocycles. The molecule has 2 aromatic heterocycles. The molecule has 0 fully saturated rings. The van der Waals surface area contributed by atoms with Gasteiger partial charge in [0.05, 0.1) is 5.52 Å². The fourth-order valence-corrected chi connectivity index (χ4v) is 2.88. The van der Waals surface area contributed by atoms with Crippen LogP contribution in [0.15, 0.2) is 46.5 Å². The molecule has 5 nitrogen and oxygen atoms in total. The molecule has 4 rings (SSSR count). The van der Waals surface area contributed by atoms with Gasteiger partial charge in [-0.1, -0.05) is 28.1 Å². The third-order valence-corrected chi connectivity index (χ3v) is 4.12. The first-order valence-electron chi connectivity index (χ1n) is 7.80. The molecule has 0 radical (unpaired) electrons. The summed E-state index contributed by atoms with van der Waals surface area (Å²) in [6.07, 6.45) is 5.17. The summed E-state index contributed by atoms with van der Waals surface area (Å²) in [5, 5.41) is 12.7. The molecular weight excluding hydrogens is 288 g/mol. The van der Waals surface area contributed by atoms with Crippen LogP contribution in [0.25, 0.3) is 27.9 Å². The number of rotatable bonds is 3. The van der Waals surface area contributed by atoms with Gasteiger partial charge in [-0.3, -0.25) is 0 Å². The summed E-state index contributed by atoms with van der Waals surface area (Å²) in [6.45, 7) is 6.31. The molecule has 2 heterocycles. The van der Waals surface area contributed by atoms with Gasteiger partial charge in [0.25, 0.3) is 0 Å². The zero-order valence-electron chi connectivity index (χ0n) is 13.4. The Hall–Kier alpha value is -2.69. The highest BCUT2D eigenvalue weighted by molar-refractivity contribution is 5.81. The van der Waals surface area contributed by atoms with Crippen LogP contribution in [0, 0.1) is 0 Å². The normalized spacial score (nSPS) is 14.6. The highest BCUT2D eigenvalue weighted by Crippen LogP contribution is 2.31. The number of nitrogens with zero attached hydrogens (tertiary/aromatic N) is 4. The Morgan fingerprint density at radius 1 is 1.17 bits per heavy atom. The van der Waals surface area contributed by atoms with Gasteiger partial charge in [-0.25, -0.2) is 4.68 Å². The molecule has 1 aliphatic rings. The third kappa shape index (κ3) is 2.38. The molecule has 0 aliphatic heterocycles. The summed E-state index contributed by atoms with van der Waals surface area (Å²) < 4.78 is 7.45. The molecule has 0 amide bonds. The minimum absolute atomic E-state index is 0.285. The second-order valence-corrected chi connectivity index (χ2v) is 6.29. The SMILES string of the molecule is CC1=CC=C(c2cc(-c3ccc4c(c3)nnn4C(C)C)on2)C1. The molecule has 0 saturated carbocycles. The zero-order valence-corrected chi connectivity index (χ0v) is 13.4. The molecule has 116 valence electrons. The number of hydrogen-bond acceptors (Lipinski definition) is 4. The number of fused-ring (bicyclic) bond motifs is 1. The van der Waals surface area contributed by atoms with E-state index in [9.17, 15) is 0 Å². The maximum Gasteiger partial charge on any atom is 0.167 e. The van der Waals surface area contributed by atoms with Crippen LogP contribution in [0.4, 0.5) is 0 Å². The summed E-state index contributed by atoms with van der Waals surface area (Å²) in [5.74, 6) is 0.756. The van der Waals surface area contributed by atoms with Crippen LogP contribution in [0.5, 0.6) is 0 Å². The molecule has 3 aromatic rings. The largest absolute Gasteiger partial charge is 0.356 e. The van der Waals surface area contributed by atoms with Crippen molar-refractivity contribution in [3.05, 3.63) is 47.7 Å². The zero-order chi connectivity index (χ0) is 16.0. The van der Waals surface area contributed by atoms with Crippen LogP contribution in [0.3, 0.4) is 0 Å². The molecule has 23 heavy (non-hydrogen) atoms. The molecule has 5 heteroatoms. The standard InChI is InChI=1S/C18H18N4O/c1-11(2)22-17-7-6-14(9-16(17)19-21-22)18-10-15(20-23-18)13-5-4-12(3)8-13/h4-7,9-11H,8H2,1-3H3. The summed E-state index contributed by atoms with van der Waals surface area (Å²) in [5.41, 5.74) is 6.31. The average molecular weight is 306 g/mol. The molecule has 0 bridgehead atoms. The van der Waals surface area contributed by atoms with Gasteiger partial charge in [-0.05, 0) is 51.0 Å². The van der Waals surface area contributed by atoms with Crippen molar-refractivity contribution < 1.29 is 4.52 Å². The first-order chi connectivity index (χ1) is 11.1. The lowest BCUT2D eigenvalue weighted by atomic mass is 10.1. The quantitative estimate of drug-likeness (QED) is 0.719. The number of hydrogen-bond donors (Lipinski definition) is 0. The number of allylic oxidation sites excluding steroid dienone is 4. The van der Waals surface area contributed by atoms with E-state index in [4.69, 9.17) is 4.52 Å². The number of aromatic nitrogens is 4. The van der Waals surface area contributed by atoms with Crippen LogP contribution in [-0.4, -0.2) is 20.2 Å². The van der Waals surface area contributed by atoms with Crippen molar-refractivity contribution in [2.24, 2.45) is 0 Å². The Balaban J connectivity index is 1.68. The molecule has 0 saturated heterocycles. The summed E-state index contributed by atoms with van der Waals surface area (Å²) in [7, 11) is 0.